The minimum Gasteiger partial charge on any atom is -0.493 e. The smallest absolute Gasteiger partial charge is 0.333 e. The van der Waals surface area contributed by atoms with Gasteiger partial charge < -0.3 is 19.3 Å². The Morgan fingerprint density at radius 3 is 2.35 bits per heavy atom. The van der Waals surface area contributed by atoms with E-state index < -0.39 is 12.1 Å². The molecule has 0 aliphatic heterocycles. The van der Waals surface area contributed by atoms with Crippen LogP contribution in [0.3, 0.4) is 0 Å². The van der Waals surface area contributed by atoms with Crippen LogP contribution < -0.4 is 9.47 Å². The van der Waals surface area contributed by atoms with Gasteiger partial charge in [-0.05, 0) is 17.7 Å². The number of hydrogen-bond acceptors (Lipinski definition) is 4. The predicted molar refractivity (Wildman–Crippen MR) is 61.7 cm³/mol. The first kappa shape index (κ1) is 13.3. The van der Waals surface area contributed by atoms with E-state index in [1.165, 1.54) is 14.2 Å². The fourth-order valence-electron chi connectivity index (χ4n) is 1.49. The van der Waals surface area contributed by atoms with Crippen LogP contribution in [0.25, 0.3) is 0 Å². The van der Waals surface area contributed by atoms with E-state index in [9.17, 15) is 4.79 Å². The van der Waals surface area contributed by atoms with E-state index in [-0.39, 0.29) is 6.42 Å². The molecule has 0 amide bonds. The highest BCUT2D eigenvalue weighted by Crippen LogP contribution is 2.28. The number of carbonyl (C=O) groups is 1. The molecule has 1 N–H and O–H groups in total. The first-order chi connectivity index (χ1) is 8.12. The minimum atomic E-state index is -0.984. The van der Waals surface area contributed by atoms with E-state index in [0.717, 1.165) is 5.56 Å². The van der Waals surface area contributed by atoms with Gasteiger partial charge in [-0.3, -0.25) is 0 Å². The van der Waals surface area contributed by atoms with Crippen molar-refractivity contribution in [2.24, 2.45) is 0 Å². The molecular weight excluding hydrogens is 224 g/mol. The molecule has 0 radical (unpaired) electrons. The summed E-state index contributed by atoms with van der Waals surface area (Å²) in [7, 11) is 4.46. The Bertz CT molecular complexity index is 388. The molecule has 1 aromatic carbocycles. The molecule has 0 saturated heterocycles. The molecule has 1 atom stereocenters. The van der Waals surface area contributed by atoms with Gasteiger partial charge in [-0.15, -0.1) is 0 Å². The van der Waals surface area contributed by atoms with Crippen LogP contribution in [0.15, 0.2) is 18.2 Å². The maximum Gasteiger partial charge on any atom is 0.333 e. The Hall–Kier alpha value is -1.75. The maximum atomic E-state index is 10.8. The summed E-state index contributed by atoms with van der Waals surface area (Å²) in [6, 6.07) is 5.27. The van der Waals surface area contributed by atoms with E-state index in [0.29, 0.717) is 11.5 Å². The molecule has 5 heteroatoms. The van der Waals surface area contributed by atoms with Crippen molar-refractivity contribution in [1.29, 1.82) is 0 Å². The van der Waals surface area contributed by atoms with Crippen molar-refractivity contribution in [3.05, 3.63) is 23.8 Å². The second-order valence-corrected chi connectivity index (χ2v) is 3.46. The predicted octanol–water partition coefficient (Wildman–Crippen LogP) is 1.35. The molecular formula is C12H16O5. The summed E-state index contributed by atoms with van der Waals surface area (Å²) in [5, 5.41) is 8.88. The summed E-state index contributed by atoms with van der Waals surface area (Å²) in [5.74, 6) is 0.202. The second kappa shape index (κ2) is 6.10. The lowest BCUT2D eigenvalue weighted by molar-refractivity contribution is -0.148. The van der Waals surface area contributed by atoms with Crippen molar-refractivity contribution >= 4 is 5.97 Å². The van der Waals surface area contributed by atoms with Gasteiger partial charge in [0.25, 0.3) is 0 Å². The van der Waals surface area contributed by atoms with Crippen molar-refractivity contribution in [2.75, 3.05) is 21.3 Å². The van der Waals surface area contributed by atoms with Gasteiger partial charge in [0.05, 0.1) is 14.2 Å². The lowest BCUT2D eigenvalue weighted by Crippen LogP contribution is -2.24. The SMILES string of the molecule is COc1ccc(CC(OC)C(=O)O)cc1OC. The van der Waals surface area contributed by atoms with Crippen LogP contribution in [0.4, 0.5) is 0 Å². The van der Waals surface area contributed by atoms with Gasteiger partial charge in [0.1, 0.15) is 0 Å². The third-order valence-electron chi connectivity index (χ3n) is 2.43. The van der Waals surface area contributed by atoms with Gasteiger partial charge in [-0.2, -0.15) is 0 Å². The molecule has 0 bridgehead atoms. The summed E-state index contributed by atoms with van der Waals surface area (Å²) in [6.07, 6.45) is -0.570. The highest BCUT2D eigenvalue weighted by molar-refractivity contribution is 5.72. The Morgan fingerprint density at radius 1 is 1.24 bits per heavy atom. The second-order valence-electron chi connectivity index (χ2n) is 3.46. The summed E-state index contributed by atoms with van der Waals surface area (Å²) in [6.45, 7) is 0. The zero-order chi connectivity index (χ0) is 12.8. The number of aliphatic carboxylic acids is 1. The number of hydrogen-bond donors (Lipinski definition) is 1. The average molecular weight is 240 g/mol. The van der Waals surface area contributed by atoms with Crippen LogP contribution >= 0.6 is 0 Å². The van der Waals surface area contributed by atoms with E-state index in [4.69, 9.17) is 19.3 Å². The van der Waals surface area contributed by atoms with Crippen molar-refractivity contribution in [1.82, 2.24) is 0 Å². The number of carboxylic acid groups (broad SMARTS) is 1. The lowest BCUT2D eigenvalue weighted by Gasteiger charge is -2.12. The van der Waals surface area contributed by atoms with Crippen LogP contribution in [-0.4, -0.2) is 38.5 Å². The fourth-order valence-corrected chi connectivity index (χ4v) is 1.49. The van der Waals surface area contributed by atoms with Crippen LogP contribution in [-0.2, 0) is 16.0 Å². The van der Waals surface area contributed by atoms with Crippen LogP contribution in [0.2, 0.25) is 0 Å². The number of carboxylic acids is 1. The summed E-state index contributed by atoms with van der Waals surface area (Å²) >= 11 is 0. The summed E-state index contributed by atoms with van der Waals surface area (Å²) in [4.78, 5) is 10.8. The first-order valence-corrected chi connectivity index (χ1v) is 5.08. The molecule has 0 heterocycles. The molecule has 1 aromatic rings. The van der Waals surface area contributed by atoms with Crippen molar-refractivity contribution in [2.45, 2.75) is 12.5 Å². The van der Waals surface area contributed by atoms with Crippen LogP contribution in [0, 0.1) is 0 Å². The van der Waals surface area contributed by atoms with E-state index in [2.05, 4.69) is 0 Å². The van der Waals surface area contributed by atoms with Gasteiger partial charge in [0.2, 0.25) is 0 Å². The molecule has 1 unspecified atom stereocenters. The minimum absolute atomic E-state index is 0.284. The number of benzene rings is 1. The number of rotatable bonds is 6. The highest BCUT2D eigenvalue weighted by atomic mass is 16.5. The summed E-state index contributed by atoms with van der Waals surface area (Å²) in [5.41, 5.74) is 0.817. The Labute approximate surface area is 99.9 Å². The average Bonchev–Trinajstić information content (AvgIpc) is 2.35. The topological polar surface area (TPSA) is 65.0 Å². The third-order valence-corrected chi connectivity index (χ3v) is 2.43. The van der Waals surface area contributed by atoms with Crippen LogP contribution in [0.1, 0.15) is 5.56 Å². The van der Waals surface area contributed by atoms with Crippen molar-refractivity contribution in [3.63, 3.8) is 0 Å². The standard InChI is InChI=1S/C12H16O5/c1-15-9-5-4-8(6-10(9)16-2)7-11(17-3)12(13)14/h4-6,11H,7H2,1-3H3,(H,13,14). The fraction of sp³-hybridized carbons (Fsp3) is 0.417. The molecule has 1 rings (SSSR count). The normalized spacial score (nSPS) is 11.9. The number of ether oxygens (including phenoxy) is 3. The molecule has 0 saturated carbocycles. The van der Waals surface area contributed by atoms with Crippen molar-refractivity contribution < 1.29 is 24.1 Å². The Balaban J connectivity index is 2.88. The van der Waals surface area contributed by atoms with E-state index >= 15 is 0 Å². The maximum absolute atomic E-state index is 10.8. The zero-order valence-electron chi connectivity index (χ0n) is 10.1. The van der Waals surface area contributed by atoms with E-state index in [1.807, 2.05) is 0 Å². The Kier molecular flexibility index (Phi) is 4.78. The molecule has 0 aliphatic carbocycles. The largest absolute Gasteiger partial charge is 0.493 e. The molecule has 0 spiro atoms. The summed E-state index contributed by atoms with van der Waals surface area (Å²) < 4.78 is 15.1. The first-order valence-electron chi connectivity index (χ1n) is 5.08. The zero-order valence-corrected chi connectivity index (χ0v) is 10.1. The molecule has 0 aliphatic rings. The van der Waals surface area contributed by atoms with E-state index in [1.54, 1.807) is 25.3 Å². The van der Waals surface area contributed by atoms with Gasteiger partial charge >= 0.3 is 5.97 Å². The number of methoxy groups -OCH3 is 3. The molecule has 0 aromatic heterocycles. The molecule has 5 nitrogen and oxygen atoms in total. The van der Waals surface area contributed by atoms with Gasteiger partial charge in [0.15, 0.2) is 17.6 Å². The Morgan fingerprint density at radius 2 is 1.88 bits per heavy atom. The van der Waals surface area contributed by atoms with Gasteiger partial charge in [0, 0.05) is 13.5 Å². The molecule has 17 heavy (non-hydrogen) atoms. The third kappa shape index (κ3) is 3.35. The van der Waals surface area contributed by atoms with Gasteiger partial charge in [-0.25, -0.2) is 4.79 Å². The lowest BCUT2D eigenvalue weighted by atomic mass is 10.1. The highest BCUT2D eigenvalue weighted by Gasteiger charge is 2.17. The van der Waals surface area contributed by atoms with Crippen LogP contribution in [0.5, 0.6) is 11.5 Å². The van der Waals surface area contributed by atoms with Gasteiger partial charge in [-0.1, -0.05) is 6.07 Å². The quantitative estimate of drug-likeness (QED) is 0.813. The van der Waals surface area contributed by atoms with Crippen molar-refractivity contribution in [3.8, 4) is 11.5 Å². The molecule has 94 valence electrons. The molecule has 0 fully saturated rings. The monoisotopic (exact) mass is 240 g/mol.